The van der Waals surface area contributed by atoms with Crippen LogP contribution in [0.15, 0.2) is 12.1 Å². The fourth-order valence-electron chi connectivity index (χ4n) is 1.79. The quantitative estimate of drug-likeness (QED) is 0.769. The Hall–Kier alpha value is -1.17. The van der Waals surface area contributed by atoms with Crippen molar-refractivity contribution in [1.82, 2.24) is 0 Å². The molecule has 0 saturated carbocycles. The lowest BCUT2D eigenvalue weighted by Crippen LogP contribution is -2.40. The van der Waals surface area contributed by atoms with Crippen LogP contribution in [0.1, 0.15) is 5.56 Å². The lowest BCUT2D eigenvalue weighted by atomic mass is 10.2. The van der Waals surface area contributed by atoms with Gasteiger partial charge in [-0.3, -0.25) is 0 Å². The van der Waals surface area contributed by atoms with Crippen molar-refractivity contribution in [3.63, 3.8) is 0 Å². The molecule has 0 radical (unpaired) electrons. The zero-order chi connectivity index (χ0) is 12.6. The second-order valence-electron chi connectivity index (χ2n) is 4.17. The summed E-state index contributed by atoms with van der Waals surface area (Å²) < 4.78 is 49.2. The van der Waals surface area contributed by atoms with Crippen LogP contribution in [0, 0.1) is 18.6 Å². The maximum atomic E-state index is 13.4. The van der Waals surface area contributed by atoms with Crippen LogP contribution >= 0.6 is 0 Å². The first kappa shape index (κ1) is 12.3. The van der Waals surface area contributed by atoms with Gasteiger partial charge in [0.25, 0.3) is 0 Å². The standard InChI is InChI=1S/C11H13F2NO2S/c1-8-10(12)6-9(7-11(8)13)14-2-4-17(15,16)5-3-14/h6-7H,2-5H2,1H3. The van der Waals surface area contributed by atoms with E-state index >= 15 is 0 Å². The van der Waals surface area contributed by atoms with Gasteiger partial charge >= 0.3 is 0 Å². The second-order valence-corrected chi connectivity index (χ2v) is 6.48. The van der Waals surface area contributed by atoms with Gasteiger partial charge in [-0.05, 0) is 19.1 Å². The highest BCUT2D eigenvalue weighted by atomic mass is 32.2. The van der Waals surface area contributed by atoms with Crippen LogP contribution in [0.2, 0.25) is 0 Å². The van der Waals surface area contributed by atoms with Crippen LogP contribution in [0.25, 0.3) is 0 Å². The van der Waals surface area contributed by atoms with E-state index in [2.05, 4.69) is 0 Å². The van der Waals surface area contributed by atoms with Gasteiger partial charge in [-0.15, -0.1) is 0 Å². The molecule has 0 aromatic heterocycles. The van der Waals surface area contributed by atoms with E-state index < -0.39 is 21.5 Å². The molecule has 0 unspecified atom stereocenters. The molecule has 3 nitrogen and oxygen atoms in total. The van der Waals surface area contributed by atoms with Gasteiger partial charge in [-0.2, -0.15) is 0 Å². The van der Waals surface area contributed by atoms with Gasteiger partial charge in [0, 0.05) is 24.3 Å². The minimum absolute atomic E-state index is 0.0154. The van der Waals surface area contributed by atoms with E-state index in [-0.39, 0.29) is 30.2 Å². The lowest BCUT2D eigenvalue weighted by molar-refractivity contribution is 0.566. The third kappa shape index (κ3) is 2.57. The van der Waals surface area contributed by atoms with E-state index in [1.165, 1.54) is 19.1 Å². The average Bonchev–Trinajstić information content (AvgIpc) is 2.25. The van der Waals surface area contributed by atoms with Crippen molar-refractivity contribution in [1.29, 1.82) is 0 Å². The number of hydrogen-bond donors (Lipinski definition) is 0. The van der Waals surface area contributed by atoms with E-state index in [1.807, 2.05) is 0 Å². The molecule has 0 spiro atoms. The topological polar surface area (TPSA) is 37.4 Å². The summed E-state index contributed by atoms with van der Waals surface area (Å²) in [6, 6.07) is 2.49. The zero-order valence-corrected chi connectivity index (χ0v) is 10.2. The lowest BCUT2D eigenvalue weighted by Gasteiger charge is -2.29. The van der Waals surface area contributed by atoms with Crippen LogP contribution in [-0.4, -0.2) is 33.0 Å². The molecular formula is C11H13F2NO2S. The first-order valence-electron chi connectivity index (χ1n) is 5.30. The van der Waals surface area contributed by atoms with Crippen molar-refractivity contribution in [2.24, 2.45) is 0 Å². The van der Waals surface area contributed by atoms with Crippen LogP contribution in [0.4, 0.5) is 14.5 Å². The molecular weight excluding hydrogens is 248 g/mol. The molecule has 1 aromatic rings. The van der Waals surface area contributed by atoms with Crippen LogP contribution in [0.5, 0.6) is 0 Å². The first-order valence-corrected chi connectivity index (χ1v) is 7.12. The molecule has 0 N–H and O–H groups in total. The Morgan fingerprint density at radius 2 is 1.59 bits per heavy atom. The summed E-state index contributed by atoms with van der Waals surface area (Å²) >= 11 is 0. The van der Waals surface area contributed by atoms with E-state index in [0.29, 0.717) is 5.69 Å². The van der Waals surface area contributed by atoms with Crippen molar-refractivity contribution in [2.75, 3.05) is 29.5 Å². The normalized spacial score (nSPS) is 19.4. The molecule has 1 aliphatic rings. The largest absolute Gasteiger partial charge is 0.369 e. The molecule has 1 aromatic carbocycles. The van der Waals surface area contributed by atoms with Crippen LogP contribution in [-0.2, 0) is 9.84 Å². The number of anilines is 1. The molecule has 94 valence electrons. The monoisotopic (exact) mass is 261 g/mol. The van der Waals surface area contributed by atoms with Crippen LogP contribution < -0.4 is 4.90 Å². The summed E-state index contributed by atoms with van der Waals surface area (Å²) in [6.45, 7) is 1.93. The predicted molar refractivity (Wildman–Crippen MR) is 62.0 cm³/mol. The van der Waals surface area contributed by atoms with Gasteiger partial charge < -0.3 is 4.90 Å². The minimum Gasteiger partial charge on any atom is -0.369 e. The zero-order valence-electron chi connectivity index (χ0n) is 9.41. The number of nitrogens with zero attached hydrogens (tertiary/aromatic N) is 1. The van der Waals surface area contributed by atoms with E-state index in [1.54, 1.807) is 4.90 Å². The molecule has 1 heterocycles. The molecule has 2 rings (SSSR count). The van der Waals surface area contributed by atoms with Crippen molar-refractivity contribution >= 4 is 15.5 Å². The summed E-state index contributed by atoms with van der Waals surface area (Å²) in [5, 5.41) is 0. The highest BCUT2D eigenvalue weighted by Gasteiger charge is 2.22. The Labute approximate surface area is 99.0 Å². The van der Waals surface area contributed by atoms with Crippen molar-refractivity contribution < 1.29 is 17.2 Å². The SMILES string of the molecule is Cc1c(F)cc(N2CCS(=O)(=O)CC2)cc1F. The first-order chi connectivity index (χ1) is 7.89. The maximum absolute atomic E-state index is 13.4. The van der Waals surface area contributed by atoms with Gasteiger partial charge in [0.1, 0.15) is 11.6 Å². The minimum atomic E-state index is -2.98. The molecule has 17 heavy (non-hydrogen) atoms. The number of rotatable bonds is 1. The number of benzene rings is 1. The summed E-state index contributed by atoms with van der Waals surface area (Å²) in [6.07, 6.45) is 0. The molecule has 6 heteroatoms. The molecule has 1 saturated heterocycles. The Morgan fingerprint density at radius 1 is 1.12 bits per heavy atom. The molecule has 0 amide bonds. The predicted octanol–water partition coefficient (Wildman–Crippen LogP) is 1.51. The highest BCUT2D eigenvalue weighted by molar-refractivity contribution is 7.91. The molecule has 0 aliphatic carbocycles. The summed E-state index contributed by atoms with van der Waals surface area (Å²) in [7, 11) is -2.98. The maximum Gasteiger partial charge on any atom is 0.153 e. The van der Waals surface area contributed by atoms with Gasteiger partial charge in [0.15, 0.2) is 9.84 Å². The number of halogens is 2. The molecule has 0 atom stereocenters. The summed E-state index contributed by atoms with van der Waals surface area (Å²) in [4.78, 5) is 1.69. The average molecular weight is 261 g/mol. The van der Waals surface area contributed by atoms with Crippen LogP contribution in [0.3, 0.4) is 0 Å². The van der Waals surface area contributed by atoms with Gasteiger partial charge in [0.05, 0.1) is 11.5 Å². The Balaban J connectivity index is 2.25. The van der Waals surface area contributed by atoms with E-state index in [9.17, 15) is 17.2 Å². The fraction of sp³-hybridized carbons (Fsp3) is 0.455. The highest BCUT2D eigenvalue weighted by Crippen LogP contribution is 2.22. The number of sulfone groups is 1. The molecule has 1 aliphatic heterocycles. The van der Waals surface area contributed by atoms with Crippen molar-refractivity contribution in [3.8, 4) is 0 Å². The second kappa shape index (κ2) is 4.25. The van der Waals surface area contributed by atoms with Gasteiger partial charge in [0.2, 0.25) is 0 Å². The van der Waals surface area contributed by atoms with Gasteiger partial charge in [-0.25, -0.2) is 17.2 Å². The third-order valence-corrected chi connectivity index (χ3v) is 4.58. The third-order valence-electron chi connectivity index (χ3n) is 2.98. The van der Waals surface area contributed by atoms with Crippen molar-refractivity contribution in [3.05, 3.63) is 29.3 Å². The molecule has 0 bridgehead atoms. The Bertz CT molecular complexity index is 505. The Morgan fingerprint density at radius 3 is 2.06 bits per heavy atom. The van der Waals surface area contributed by atoms with Gasteiger partial charge in [-0.1, -0.05) is 0 Å². The van der Waals surface area contributed by atoms with Crippen molar-refractivity contribution in [2.45, 2.75) is 6.92 Å². The number of hydrogen-bond acceptors (Lipinski definition) is 3. The Kier molecular flexibility index (Phi) is 3.07. The summed E-state index contributed by atoms with van der Waals surface area (Å²) in [5.41, 5.74) is 0.388. The summed E-state index contributed by atoms with van der Waals surface area (Å²) in [5.74, 6) is -1.14. The van der Waals surface area contributed by atoms with E-state index in [0.717, 1.165) is 0 Å². The smallest absolute Gasteiger partial charge is 0.153 e. The fourth-order valence-corrected chi connectivity index (χ4v) is 2.99. The van der Waals surface area contributed by atoms with E-state index in [4.69, 9.17) is 0 Å². The molecule has 1 fully saturated rings.